The monoisotopic (exact) mass is 398 g/mol. The van der Waals surface area contributed by atoms with E-state index in [1.807, 2.05) is 38.1 Å². The number of carbonyl (C=O) groups excluding carboxylic acids is 1. The Morgan fingerprint density at radius 2 is 1.62 bits per heavy atom. The van der Waals surface area contributed by atoms with Crippen molar-refractivity contribution < 1.29 is 13.6 Å². The van der Waals surface area contributed by atoms with Gasteiger partial charge < -0.3 is 10.6 Å². The number of anilines is 1. The SMILES string of the molecule is CC(=Cc1c(F)cc(-c2ccc(NC(C)C)cc2)cc1F)C(=O)NC1CCCC1. The van der Waals surface area contributed by atoms with Gasteiger partial charge in [0.1, 0.15) is 11.6 Å². The average Bonchev–Trinajstić information content (AvgIpc) is 3.17. The Balaban J connectivity index is 1.79. The van der Waals surface area contributed by atoms with Gasteiger partial charge in [0.05, 0.1) is 0 Å². The van der Waals surface area contributed by atoms with E-state index in [-0.39, 0.29) is 17.5 Å². The van der Waals surface area contributed by atoms with E-state index in [9.17, 15) is 13.6 Å². The molecule has 1 aliphatic carbocycles. The molecule has 0 bridgehead atoms. The van der Waals surface area contributed by atoms with Crippen molar-refractivity contribution >= 4 is 17.7 Å². The fraction of sp³-hybridized carbons (Fsp3) is 0.375. The minimum absolute atomic E-state index is 0.163. The van der Waals surface area contributed by atoms with Gasteiger partial charge in [0.2, 0.25) is 5.91 Å². The Morgan fingerprint density at radius 3 is 2.17 bits per heavy atom. The number of halogens is 2. The number of nitrogens with one attached hydrogen (secondary N) is 2. The zero-order chi connectivity index (χ0) is 21.0. The Kier molecular flexibility index (Phi) is 6.68. The minimum Gasteiger partial charge on any atom is -0.383 e. The molecule has 0 heterocycles. The molecular weight excluding hydrogens is 370 g/mol. The second-order valence-electron chi connectivity index (χ2n) is 8.01. The molecule has 29 heavy (non-hydrogen) atoms. The lowest BCUT2D eigenvalue weighted by Gasteiger charge is -2.13. The molecule has 0 unspecified atom stereocenters. The van der Waals surface area contributed by atoms with Gasteiger partial charge in [-0.25, -0.2) is 8.78 Å². The van der Waals surface area contributed by atoms with Gasteiger partial charge in [-0.2, -0.15) is 0 Å². The van der Waals surface area contributed by atoms with E-state index in [4.69, 9.17) is 0 Å². The van der Waals surface area contributed by atoms with E-state index in [0.29, 0.717) is 17.2 Å². The predicted octanol–water partition coefficient (Wildman–Crippen LogP) is 5.91. The fourth-order valence-corrected chi connectivity index (χ4v) is 3.63. The second-order valence-corrected chi connectivity index (χ2v) is 8.01. The van der Waals surface area contributed by atoms with E-state index in [1.54, 1.807) is 6.92 Å². The molecule has 154 valence electrons. The van der Waals surface area contributed by atoms with Crippen LogP contribution in [0.2, 0.25) is 0 Å². The highest BCUT2D eigenvalue weighted by Crippen LogP contribution is 2.27. The van der Waals surface area contributed by atoms with Gasteiger partial charge in [0.25, 0.3) is 0 Å². The molecule has 0 spiro atoms. The molecule has 5 heteroatoms. The van der Waals surface area contributed by atoms with Crippen LogP contribution in [0.15, 0.2) is 42.0 Å². The normalized spacial score (nSPS) is 15.0. The van der Waals surface area contributed by atoms with Crippen molar-refractivity contribution in [2.24, 2.45) is 0 Å². The lowest BCUT2D eigenvalue weighted by atomic mass is 10.0. The van der Waals surface area contributed by atoms with E-state index >= 15 is 0 Å². The van der Waals surface area contributed by atoms with E-state index < -0.39 is 11.6 Å². The molecule has 3 nitrogen and oxygen atoms in total. The van der Waals surface area contributed by atoms with E-state index in [1.165, 1.54) is 18.2 Å². The summed E-state index contributed by atoms with van der Waals surface area (Å²) < 4.78 is 29.3. The summed E-state index contributed by atoms with van der Waals surface area (Å²) in [4.78, 5) is 12.3. The van der Waals surface area contributed by atoms with Gasteiger partial charge >= 0.3 is 0 Å². The van der Waals surface area contributed by atoms with E-state index in [2.05, 4.69) is 10.6 Å². The molecule has 2 aromatic rings. The van der Waals surface area contributed by atoms with Crippen molar-refractivity contribution in [2.75, 3.05) is 5.32 Å². The lowest BCUT2D eigenvalue weighted by Crippen LogP contribution is -2.33. The van der Waals surface area contributed by atoms with Crippen molar-refractivity contribution in [1.82, 2.24) is 5.32 Å². The molecule has 0 saturated heterocycles. The third-order valence-electron chi connectivity index (χ3n) is 5.16. The molecule has 1 aliphatic rings. The number of hydrogen-bond donors (Lipinski definition) is 2. The van der Waals surface area contributed by atoms with Crippen LogP contribution in [0.3, 0.4) is 0 Å². The van der Waals surface area contributed by atoms with Crippen LogP contribution >= 0.6 is 0 Å². The van der Waals surface area contributed by atoms with Crippen LogP contribution in [-0.4, -0.2) is 18.0 Å². The average molecular weight is 398 g/mol. The Morgan fingerprint density at radius 1 is 1.03 bits per heavy atom. The first-order valence-electron chi connectivity index (χ1n) is 10.2. The summed E-state index contributed by atoms with van der Waals surface area (Å²) in [7, 11) is 0. The second kappa shape index (κ2) is 9.21. The molecule has 2 N–H and O–H groups in total. The summed E-state index contributed by atoms with van der Waals surface area (Å²) in [5, 5.41) is 6.21. The highest BCUT2D eigenvalue weighted by Gasteiger charge is 2.18. The van der Waals surface area contributed by atoms with Gasteiger partial charge in [0, 0.05) is 28.9 Å². The Hall–Kier alpha value is -2.69. The van der Waals surface area contributed by atoms with Crippen LogP contribution in [0, 0.1) is 11.6 Å². The van der Waals surface area contributed by atoms with Crippen LogP contribution in [0.1, 0.15) is 52.0 Å². The number of benzene rings is 2. The van der Waals surface area contributed by atoms with Gasteiger partial charge in [-0.1, -0.05) is 25.0 Å². The molecular formula is C24H28F2N2O. The van der Waals surface area contributed by atoms with Crippen LogP contribution in [-0.2, 0) is 4.79 Å². The fourth-order valence-electron chi connectivity index (χ4n) is 3.63. The maximum absolute atomic E-state index is 14.6. The van der Waals surface area contributed by atoms with Gasteiger partial charge in [-0.3, -0.25) is 4.79 Å². The number of hydrogen-bond acceptors (Lipinski definition) is 2. The van der Waals surface area contributed by atoms with E-state index in [0.717, 1.165) is 36.9 Å². The smallest absolute Gasteiger partial charge is 0.247 e. The maximum atomic E-state index is 14.6. The number of rotatable bonds is 6. The first kappa shape index (κ1) is 21.0. The quantitative estimate of drug-likeness (QED) is 0.594. The third-order valence-corrected chi connectivity index (χ3v) is 5.16. The molecule has 1 amide bonds. The summed E-state index contributed by atoms with van der Waals surface area (Å²) in [6.07, 6.45) is 5.41. The largest absolute Gasteiger partial charge is 0.383 e. The van der Waals surface area contributed by atoms with Crippen molar-refractivity contribution in [3.05, 3.63) is 59.2 Å². The van der Waals surface area contributed by atoms with Gasteiger partial charge in [-0.05, 0) is 75.1 Å². The van der Waals surface area contributed by atoms with Crippen LogP contribution < -0.4 is 10.6 Å². The first-order chi connectivity index (χ1) is 13.8. The summed E-state index contributed by atoms with van der Waals surface area (Å²) >= 11 is 0. The predicted molar refractivity (Wildman–Crippen MR) is 115 cm³/mol. The van der Waals surface area contributed by atoms with Crippen LogP contribution in [0.5, 0.6) is 0 Å². The summed E-state index contributed by atoms with van der Waals surface area (Å²) in [6.45, 7) is 5.67. The minimum atomic E-state index is -0.683. The topological polar surface area (TPSA) is 41.1 Å². The Labute approximate surface area is 171 Å². The maximum Gasteiger partial charge on any atom is 0.247 e. The number of amides is 1. The summed E-state index contributed by atoms with van der Waals surface area (Å²) in [5.74, 6) is -1.64. The van der Waals surface area contributed by atoms with Gasteiger partial charge in [0.15, 0.2) is 0 Å². The molecule has 3 rings (SSSR count). The molecule has 1 fully saturated rings. The summed E-state index contributed by atoms with van der Waals surface area (Å²) in [5.41, 5.74) is 2.25. The molecule has 0 radical (unpaired) electrons. The van der Waals surface area contributed by atoms with Crippen LogP contribution in [0.25, 0.3) is 17.2 Å². The third kappa shape index (κ3) is 5.43. The van der Waals surface area contributed by atoms with Gasteiger partial charge in [-0.15, -0.1) is 0 Å². The molecule has 2 aromatic carbocycles. The Bertz CT molecular complexity index is 875. The molecule has 0 aliphatic heterocycles. The standard InChI is InChI=1S/C24H28F2N2O/c1-15(2)27-20-10-8-17(9-11-20)18-13-22(25)21(23(26)14-18)12-16(3)24(29)28-19-6-4-5-7-19/h8-15,19,27H,4-7H2,1-3H3,(H,28,29). The van der Waals surface area contributed by atoms with Crippen molar-refractivity contribution in [3.63, 3.8) is 0 Å². The highest BCUT2D eigenvalue weighted by atomic mass is 19.1. The molecule has 0 atom stereocenters. The van der Waals surface area contributed by atoms with Crippen molar-refractivity contribution in [3.8, 4) is 11.1 Å². The lowest BCUT2D eigenvalue weighted by molar-refractivity contribution is -0.118. The van der Waals surface area contributed by atoms with Crippen LogP contribution in [0.4, 0.5) is 14.5 Å². The van der Waals surface area contributed by atoms with Crippen molar-refractivity contribution in [2.45, 2.75) is 58.5 Å². The zero-order valence-corrected chi connectivity index (χ0v) is 17.2. The molecule has 0 aromatic heterocycles. The first-order valence-corrected chi connectivity index (χ1v) is 10.2. The zero-order valence-electron chi connectivity index (χ0n) is 17.2. The molecule has 1 saturated carbocycles. The van der Waals surface area contributed by atoms with Crippen molar-refractivity contribution in [1.29, 1.82) is 0 Å². The summed E-state index contributed by atoms with van der Waals surface area (Å²) in [6, 6.07) is 10.5. The highest BCUT2D eigenvalue weighted by molar-refractivity contribution is 5.97. The number of carbonyl (C=O) groups is 1.